The summed E-state index contributed by atoms with van der Waals surface area (Å²) in [6, 6.07) is 11.5. The first kappa shape index (κ1) is 22.6. The fourth-order valence-electron chi connectivity index (χ4n) is 2.65. The highest BCUT2D eigenvalue weighted by molar-refractivity contribution is 7.99. The van der Waals surface area contributed by atoms with Gasteiger partial charge in [-0.2, -0.15) is 5.26 Å². The maximum absolute atomic E-state index is 12.3. The number of nitriles is 1. The van der Waals surface area contributed by atoms with E-state index in [1.165, 1.54) is 23.1 Å². The molecule has 1 amide bonds. The largest absolute Gasteiger partial charge is 0.493 e. The molecule has 0 bridgehead atoms. The monoisotopic (exact) mass is 453 g/mol. The Bertz CT molecular complexity index is 1080. The number of benzene rings is 1. The lowest BCUT2D eigenvalue weighted by Crippen LogP contribution is -2.14. The molecule has 160 valence electrons. The number of thioether (sulfide) groups is 1. The highest BCUT2D eigenvalue weighted by atomic mass is 32.2. The van der Waals surface area contributed by atoms with Gasteiger partial charge in [-0.25, -0.2) is 0 Å². The van der Waals surface area contributed by atoms with Gasteiger partial charge >= 0.3 is 0 Å². The third kappa shape index (κ3) is 5.96. The molecule has 1 aromatic carbocycles. The summed E-state index contributed by atoms with van der Waals surface area (Å²) in [6.45, 7) is 9.21. The number of hydrogen-bond acceptors (Lipinski definition) is 7. The molecule has 3 aromatic rings. The van der Waals surface area contributed by atoms with Crippen LogP contribution in [0.25, 0.3) is 11.4 Å². The summed E-state index contributed by atoms with van der Waals surface area (Å²) < 4.78 is 7.66. The Morgan fingerprint density at radius 3 is 2.81 bits per heavy atom. The number of allylic oxidation sites excluding steroid dienone is 1. The fourth-order valence-corrected chi connectivity index (χ4v) is 4.15. The Labute approximate surface area is 189 Å². The van der Waals surface area contributed by atoms with Gasteiger partial charge in [0.1, 0.15) is 16.8 Å². The Morgan fingerprint density at radius 1 is 1.35 bits per heavy atom. The van der Waals surface area contributed by atoms with Gasteiger partial charge in [0.15, 0.2) is 11.0 Å². The maximum atomic E-state index is 12.3. The Balaban J connectivity index is 1.69. The van der Waals surface area contributed by atoms with E-state index in [-0.39, 0.29) is 11.7 Å². The van der Waals surface area contributed by atoms with E-state index < -0.39 is 0 Å². The topological polar surface area (TPSA) is 92.8 Å². The van der Waals surface area contributed by atoms with E-state index in [2.05, 4.69) is 42.0 Å². The zero-order valence-corrected chi connectivity index (χ0v) is 19.0. The zero-order valence-electron chi connectivity index (χ0n) is 17.4. The number of nitrogens with one attached hydrogen (secondary N) is 1. The summed E-state index contributed by atoms with van der Waals surface area (Å²) in [5, 5.41) is 23.4. The van der Waals surface area contributed by atoms with Crippen LogP contribution < -0.4 is 10.1 Å². The van der Waals surface area contributed by atoms with Gasteiger partial charge in [-0.3, -0.25) is 9.36 Å². The highest BCUT2D eigenvalue weighted by Crippen LogP contribution is 2.27. The van der Waals surface area contributed by atoms with Crippen LogP contribution in [0, 0.1) is 17.2 Å². The van der Waals surface area contributed by atoms with Crippen molar-refractivity contribution in [3.05, 3.63) is 53.9 Å². The van der Waals surface area contributed by atoms with Crippen molar-refractivity contribution in [2.45, 2.75) is 25.5 Å². The molecule has 0 aliphatic rings. The van der Waals surface area contributed by atoms with Gasteiger partial charge < -0.3 is 10.1 Å². The van der Waals surface area contributed by atoms with Gasteiger partial charge in [0.2, 0.25) is 5.91 Å². The normalized spacial score (nSPS) is 10.6. The molecule has 0 saturated carbocycles. The van der Waals surface area contributed by atoms with Crippen molar-refractivity contribution >= 4 is 34.0 Å². The van der Waals surface area contributed by atoms with Crippen molar-refractivity contribution in [3.63, 3.8) is 0 Å². The molecule has 0 spiro atoms. The van der Waals surface area contributed by atoms with Gasteiger partial charge in [0.25, 0.3) is 0 Å². The third-order valence-corrected chi connectivity index (χ3v) is 5.89. The van der Waals surface area contributed by atoms with Gasteiger partial charge in [-0.15, -0.1) is 28.1 Å². The molecule has 0 atom stereocenters. The summed E-state index contributed by atoms with van der Waals surface area (Å²) in [5.41, 5.74) is 1.36. The minimum absolute atomic E-state index is 0.153. The maximum Gasteiger partial charge on any atom is 0.235 e. The predicted octanol–water partition coefficient (Wildman–Crippen LogP) is 4.83. The molecule has 2 heterocycles. The lowest BCUT2D eigenvalue weighted by molar-refractivity contribution is -0.113. The second kappa shape index (κ2) is 10.8. The average Bonchev–Trinajstić information content (AvgIpc) is 3.38. The van der Waals surface area contributed by atoms with Crippen LogP contribution >= 0.6 is 23.1 Å². The number of carbonyl (C=O) groups excluding carboxylic acids is 1. The minimum atomic E-state index is -0.203. The quantitative estimate of drug-likeness (QED) is 0.349. The SMILES string of the molecule is C=CCn1c(SCC(=O)Nc2sccc2C#N)nnc1-c1ccc(OCC(C)C)cc1. The van der Waals surface area contributed by atoms with E-state index in [9.17, 15) is 4.79 Å². The zero-order chi connectivity index (χ0) is 22.2. The van der Waals surface area contributed by atoms with E-state index in [0.29, 0.717) is 40.6 Å². The molecule has 2 aromatic heterocycles. The first-order valence-electron chi connectivity index (χ1n) is 9.69. The van der Waals surface area contributed by atoms with E-state index in [1.807, 2.05) is 28.8 Å². The number of hydrogen-bond donors (Lipinski definition) is 1. The molecule has 31 heavy (non-hydrogen) atoms. The van der Waals surface area contributed by atoms with Crippen LogP contribution in [0.3, 0.4) is 0 Å². The Morgan fingerprint density at radius 2 is 2.13 bits per heavy atom. The summed E-state index contributed by atoms with van der Waals surface area (Å²) in [5.74, 6) is 1.91. The van der Waals surface area contributed by atoms with Crippen LogP contribution in [0.5, 0.6) is 5.75 Å². The first-order valence-corrected chi connectivity index (χ1v) is 11.6. The van der Waals surface area contributed by atoms with Gasteiger partial charge in [0.05, 0.1) is 17.9 Å². The van der Waals surface area contributed by atoms with Crippen molar-refractivity contribution in [1.29, 1.82) is 5.26 Å². The number of thiophene rings is 1. The van der Waals surface area contributed by atoms with Crippen molar-refractivity contribution < 1.29 is 9.53 Å². The standard InChI is InChI=1S/C22H23N5O2S2/c1-4-10-27-20(16-5-7-18(8-6-16)29-13-15(2)3)25-26-22(27)31-14-19(28)24-21-17(12-23)9-11-30-21/h4-9,11,15H,1,10,13-14H2,2-3H3,(H,24,28). The highest BCUT2D eigenvalue weighted by Gasteiger charge is 2.16. The van der Waals surface area contributed by atoms with Crippen molar-refractivity contribution in [3.8, 4) is 23.2 Å². The summed E-state index contributed by atoms with van der Waals surface area (Å²) >= 11 is 2.61. The number of carbonyl (C=O) groups is 1. The molecule has 9 heteroatoms. The molecule has 1 N–H and O–H groups in total. The third-order valence-electron chi connectivity index (χ3n) is 4.10. The van der Waals surface area contributed by atoms with Gasteiger partial charge in [-0.1, -0.05) is 31.7 Å². The molecular weight excluding hydrogens is 430 g/mol. The molecule has 3 rings (SSSR count). The van der Waals surface area contributed by atoms with Crippen LogP contribution in [0.15, 0.2) is 53.5 Å². The molecule has 0 unspecified atom stereocenters. The number of amides is 1. The summed E-state index contributed by atoms with van der Waals surface area (Å²) in [4.78, 5) is 12.3. The fraction of sp³-hybridized carbons (Fsp3) is 0.273. The lowest BCUT2D eigenvalue weighted by atomic mass is 10.2. The van der Waals surface area contributed by atoms with Crippen molar-refractivity contribution in [1.82, 2.24) is 14.8 Å². The van der Waals surface area contributed by atoms with E-state index in [4.69, 9.17) is 10.00 Å². The lowest BCUT2D eigenvalue weighted by Gasteiger charge is -2.10. The molecule has 0 aliphatic heterocycles. The van der Waals surface area contributed by atoms with Gasteiger partial charge in [0, 0.05) is 12.1 Å². The van der Waals surface area contributed by atoms with E-state index >= 15 is 0 Å². The predicted molar refractivity (Wildman–Crippen MR) is 124 cm³/mol. The summed E-state index contributed by atoms with van der Waals surface area (Å²) in [6.07, 6.45) is 1.77. The number of aromatic nitrogens is 3. The Hall–Kier alpha value is -3.09. The van der Waals surface area contributed by atoms with Crippen molar-refractivity contribution in [2.24, 2.45) is 5.92 Å². The number of rotatable bonds is 10. The van der Waals surface area contributed by atoms with E-state index in [0.717, 1.165) is 11.3 Å². The average molecular weight is 454 g/mol. The first-order chi connectivity index (χ1) is 15.0. The number of anilines is 1. The molecule has 0 fully saturated rings. The molecule has 0 aliphatic carbocycles. The smallest absolute Gasteiger partial charge is 0.235 e. The second-order valence-electron chi connectivity index (χ2n) is 7.05. The minimum Gasteiger partial charge on any atom is -0.493 e. The molecule has 0 radical (unpaired) electrons. The number of ether oxygens (including phenoxy) is 1. The van der Waals surface area contributed by atoms with Crippen LogP contribution in [0.4, 0.5) is 5.00 Å². The molecular formula is C22H23N5O2S2. The summed E-state index contributed by atoms with van der Waals surface area (Å²) in [7, 11) is 0. The Kier molecular flexibility index (Phi) is 7.87. The second-order valence-corrected chi connectivity index (χ2v) is 8.91. The molecule has 7 nitrogen and oxygen atoms in total. The van der Waals surface area contributed by atoms with Crippen LogP contribution in [-0.4, -0.2) is 33.0 Å². The molecule has 0 saturated heterocycles. The van der Waals surface area contributed by atoms with Crippen LogP contribution in [-0.2, 0) is 11.3 Å². The van der Waals surface area contributed by atoms with Crippen LogP contribution in [0.2, 0.25) is 0 Å². The van der Waals surface area contributed by atoms with E-state index in [1.54, 1.807) is 17.5 Å². The van der Waals surface area contributed by atoms with Crippen molar-refractivity contribution in [2.75, 3.05) is 17.7 Å². The van der Waals surface area contributed by atoms with Gasteiger partial charge in [-0.05, 0) is 41.6 Å². The van der Waals surface area contributed by atoms with Crippen LogP contribution in [0.1, 0.15) is 19.4 Å². The number of nitrogens with zero attached hydrogens (tertiary/aromatic N) is 4.